The average Bonchev–Trinajstić information content (AvgIpc) is 2.94. The number of carboxylic acids is 1. The first-order chi connectivity index (χ1) is 9.99. The number of aromatic carboxylic acids is 1. The molecule has 1 aliphatic heterocycles. The van der Waals surface area contributed by atoms with E-state index in [1.807, 2.05) is 0 Å². The maximum absolute atomic E-state index is 12.1. The Labute approximate surface area is 124 Å². The largest absolute Gasteiger partial charge is 0.476 e. The molecule has 1 fully saturated rings. The minimum Gasteiger partial charge on any atom is -0.476 e. The number of primary amides is 1. The lowest BCUT2D eigenvalue weighted by molar-refractivity contribution is -0.123. The Kier molecular flexibility index (Phi) is 4.73. The minimum absolute atomic E-state index is 0.0442. The number of hydrogen-bond acceptors (Lipinski definition) is 5. The van der Waals surface area contributed by atoms with Crippen molar-refractivity contribution in [1.29, 1.82) is 0 Å². The molecule has 2 heterocycles. The summed E-state index contributed by atoms with van der Waals surface area (Å²) in [5.41, 5.74) is 5.26. The third-order valence-corrected chi connectivity index (χ3v) is 4.10. The van der Waals surface area contributed by atoms with E-state index in [0.29, 0.717) is 18.0 Å². The zero-order chi connectivity index (χ0) is 15.4. The summed E-state index contributed by atoms with van der Waals surface area (Å²) in [7, 11) is 0. The number of nitrogens with zero attached hydrogens (tertiary/aromatic N) is 2. The van der Waals surface area contributed by atoms with Crippen LogP contribution in [0.2, 0.25) is 0 Å². The summed E-state index contributed by atoms with van der Waals surface area (Å²) in [5, 5.41) is 13.3. The van der Waals surface area contributed by atoms with Crippen LogP contribution in [0.1, 0.15) is 34.8 Å². The van der Waals surface area contributed by atoms with E-state index >= 15 is 0 Å². The van der Waals surface area contributed by atoms with Crippen molar-refractivity contribution in [3.8, 4) is 0 Å². The molecule has 0 aromatic carbocycles. The van der Waals surface area contributed by atoms with Crippen molar-refractivity contribution in [3.05, 3.63) is 16.1 Å². The fraction of sp³-hybridized carbons (Fsp3) is 0.500. The van der Waals surface area contributed by atoms with Crippen LogP contribution in [0.3, 0.4) is 0 Å². The number of nitrogens with one attached hydrogen (secondary N) is 1. The summed E-state index contributed by atoms with van der Waals surface area (Å²) in [6.07, 6.45) is 2.27. The van der Waals surface area contributed by atoms with Crippen LogP contribution in [-0.4, -0.2) is 45.5 Å². The number of hydrogen-bond donors (Lipinski definition) is 3. The molecule has 1 unspecified atom stereocenters. The van der Waals surface area contributed by atoms with Crippen LogP contribution in [-0.2, 0) is 11.3 Å². The van der Waals surface area contributed by atoms with Crippen molar-refractivity contribution < 1.29 is 19.5 Å². The lowest BCUT2D eigenvalue weighted by Crippen LogP contribution is -2.53. The maximum Gasteiger partial charge on any atom is 0.355 e. The van der Waals surface area contributed by atoms with Gasteiger partial charge in [0, 0.05) is 11.9 Å². The van der Waals surface area contributed by atoms with E-state index in [-0.39, 0.29) is 18.3 Å². The van der Waals surface area contributed by atoms with E-state index in [2.05, 4.69) is 10.3 Å². The molecule has 0 spiro atoms. The molecule has 0 saturated carbocycles. The Morgan fingerprint density at radius 1 is 1.48 bits per heavy atom. The van der Waals surface area contributed by atoms with Crippen LogP contribution in [0.5, 0.6) is 0 Å². The van der Waals surface area contributed by atoms with Gasteiger partial charge < -0.3 is 21.1 Å². The Balaban J connectivity index is 1.93. The van der Waals surface area contributed by atoms with Gasteiger partial charge >= 0.3 is 12.0 Å². The lowest BCUT2D eigenvalue weighted by atomic mass is 10.0. The van der Waals surface area contributed by atoms with Gasteiger partial charge in [0.05, 0.1) is 6.54 Å². The third-order valence-electron chi connectivity index (χ3n) is 3.25. The van der Waals surface area contributed by atoms with Crippen molar-refractivity contribution in [1.82, 2.24) is 15.2 Å². The van der Waals surface area contributed by atoms with Gasteiger partial charge in [0.1, 0.15) is 11.0 Å². The normalized spacial score (nSPS) is 18.3. The molecule has 0 radical (unpaired) electrons. The topological polar surface area (TPSA) is 126 Å². The predicted molar refractivity (Wildman–Crippen MR) is 74.8 cm³/mol. The number of carbonyl (C=O) groups excluding carboxylic acids is 2. The summed E-state index contributed by atoms with van der Waals surface area (Å²) in [6, 6.07) is -0.963. The van der Waals surface area contributed by atoms with Crippen LogP contribution in [0.15, 0.2) is 5.38 Å². The van der Waals surface area contributed by atoms with E-state index in [4.69, 9.17) is 10.8 Å². The molecule has 4 N–H and O–H groups in total. The van der Waals surface area contributed by atoms with Crippen LogP contribution in [0, 0.1) is 0 Å². The number of carbonyl (C=O) groups is 3. The number of amides is 3. The van der Waals surface area contributed by atoms with Gasteiger partial charge in [-0.25, -0.2) is 14.6 Å². The highest BCUT2D eigenvalue weighted by Crippen LogP contribution is 2.17. The molecular weight excluding hydrogens is 296 g/mol. The number of urea groups is 1. The van der Waals surface area contributed by atoms with E-state index in [9.17, 15) is 14.4 Å². The van der Waals surface area contributed by atoms with Gasteiger partial charge in [0.25, 0.3) is 0 Å². The highest BCUT2D eigenvalue weighted by Gasteiger charge is 2.30. The van der Waals surface area contributed by atoms with E-state index in [0.717, 1.165) is 24.2 Å². The predicted octanol–water partition coefficient (Wildman–Crippen LogP) is 0.391. The van der Waals surface area contributed by atoms with Gasteiger partial charge in [0.2, 0.25) is 5.91 Å². The summed E-state index contributed by atoms with van der Waals surface area (Å²) in [6.45, 7) is 0.608. The zero-order valence-corrected chi connectivity index (χ0v) is 12.1. The van der Waals surface area contributed by atoms with Gasteiger partial charge in [-0.1, -0.05) is 0 Å². The molecule has 8 nitrogen and oxygen atoms in total. The SMILES string of the molecule is NC(=O)C1CCCCN1C(=O)NCc1nc(C(=O)O)cs1. The number of aromatic nitrogens is 1. The quantitative estimate of drug-likeness (QED) is 0.741. The molecule has 1 aromatic rings. The molecule has 0 aliphatic carbocycles. The highest BCUT2D eigenvalue weighted by atomic mass is 32.1. The van der Waals surface area contributed by atoms with Crippen LogP contribution in [0.4, 0.5) is 4.79 Å². The zero-order valence-electron chi connectivity index (χ0n) is 11.2. The standard InChI is InChI=1S/C12H16N4O4S/c13-10(17)8-3-1-2-4-16(8)12(20)14-5-9-15-7(6-21-9)11(18)19/h6,8H,1-5H2,(H2,13,17)(H,14,20)(H,18,19). The van der Waals surface area contributed by atoms with Crippen molar-refractivity contribution >= 4 is 29.2 Å². The van der Waals surface area contributed by atoms with Crippen LogP contribution >= 0.6 is 11.3 Å². The van der Waals surface area contributed by atoms with Gasteiger partial charge in [-0.15, -0.1) is 11.3 Å². The molecule has 1 aromatic heterocycles. The number of carboxylic acid groups (broad SMARTS) is 1. The highest BCUT2D eigenvalue weighted by molar-refractivity contribution is 7.09. The van der Waals surface area contributed by atoms with E-state index in [1.54, 1.807) is 0 Å². The second kappa shape index (κ2) is 6.53. The number of rotatable bonds is 4. The van der Waals surface area contributed by atoms with E-state index < -0.39 is 17.9 Å². The smallest absolute Gasteiger partial charge is 0.355 e. The average molecular weight is 312 g/mol. The molecule has 1 aliphatic rings. The second-order valence-electron chi connectivity index (χ2n) is 4.70. The fourth-order valence-electron chi connectivity index (χ4n) is 2.21. The number of likely N-dealkylation sites (tertiary alicyclic amines) is 1. The number of thiazole rings is 1. The minimum atomic E-state index is -1.10. The summed E-state index contributed by atoms with van der Waals surface area (Å²) in [4.78, 5) is 39.5. The maximum atomic E-state index is 12.1. The summed E-state index contributed by atoms with van der Waals surface area (Å²) < 4.78 is 0. The molecule has 21 heavy (non-hydrogen) atoms. The first-order valence-corrected chi connectivity index (χ1v) is 7.38. The molecule has 114 valence electrons. The van der Waals surface area contributed by atoms with Gasteiger partial charge in [-0.3, -0.25) is 4.79 Å². The molecule has 1 saturated heterocycles. The van der Waals surface area contributed by atoms with Crippen molar-refractivity contribution in [2.45, 2.75) is 31.8 Å². The van der Waals surface area contributed by atoms with Gasteiger partial charge in [-0.05, 0) is 19.3 Å². The molecular formula is C12H16N4O4S. The Morgan fingerprint density at radius 2 is 2.24 bits per heavy atom. The molecule has 0 bridgehead atoms. The van der Waals surface area contributed by atoms with Crippen molar-refractivity contribution in [3.63, 3.8) is 0 Å². The van der Waals surface area contributed by atoms with Gasteiger partial charge in [-0.2, -0.15) is 0 Å². The van der Waals surface area contributed by atoms with Crippen LogP contribution < -0.4 is 11.1 Å². The first-order valence-electron chi connectivity index (χ1n) is 6.50. The molecule has 3 amide bonds. The molecule has 9 heteroatoms. The molecule has 1 atom stereocenters. The van der Waals surface area contributed by atoms with Crippen molar-refractivity contribution in [2.75, 3.05) is 6.54 Å². The fourth-order valence-corrected chi connectivity index (χ4v) is 2.92. The lowest BCUT2D eigenvalue weighted by Gasteiger charge is -2.33. The van der Waals surface area contributed by atoms with Crippen LogP contribution in [0.25, 0.3) is 0 Å². The number of nitrogens with two attached hydrogens (primary N) is 1. The summed E-state index contributed by atoms with van der Waals surface area (Å²) >= 11 is 1.16. The molecule has 2 rings (SSSR count). The van der Waals surface area contributed by atoms with Gasteiger partial charge in [0.15, 0.2) is 5.69 Å². The second-order valence-corrected chi connectivity index (χ2v) is 5.64. The van der Waals surface area contributed by atoms with E-state index in [1.165, 1.54) is 10.3 Å². The monoisotopic (exact) mass is 312 g/mol. The number of piperidine rings is 1. The van der Waals surface area contributed by atoms with Crippen molar-refractivity contribution in [2.24, 2.45) is 5.73 Å². The Morgan fingerprint density at radius 3 is 2.86 bits per heavy atom. The first kappa shape index (κ1) is 15.2. The Hall–Kier alpha value is -2.16. The summed E-state index contributed by atoms with van der Waals surface area (Å²) in [5.74, 6) is -1.61. The third kappa shape index (κ3) is 3.69. The Bertz CT molecular complexity index is 559.